The van der Waals surface area contributed by atoms with Crippen LogP contribution in [0.1, 0.15) is 0 Å². The molecule has 4 nitrogen and oxygen atoms in total. The minimum atomic E-state index is 0.0138. The highest BCUT2D eigenvalue weighted by Crippen LogP contribution is 2.50. The van der Waals surface area contributed by atoms with Gasteiger partial charge in [0.25, 0.3) is 0 Å². The molecule has 0 saturated heterocycles. The van der Waals surface area contributed by atoms with E-state index in [1.54, 1.807) is 0 Å². The molecule has 3 aliphatic rings. The molecule has 0 spiro atoms. The van der Waals surface area contributed by atoms with Crippen molar-refractivity contribution in [1.29, 1.82) is 0 Å². The maximum Gasteiger partial charge on any atom is 0.0468 e. The number of rotatable bonds is 4. The highest BCUT2D eigenvalue weighted by atomic mass is 16.3. The van der Waals surface area contributed by atoms with Crippen molar-refractivity contribution in [2.75, 3.05) is 26.4 Å². The fraction of sp³-hybridized carbons (Fsp3) is 0.833. The molecule has 3 rings (SSSR count). The first-order valence-electron chi connectivity index (χ1n) is 5.90. The van der Waals surface area contributed by atoms with Crippen molar-refractivity contribution in [1.82, 2.24) is 0 Å². The summed E-state index contributed by atoms with van der Waals surface area (Å²) in [6.07, 6.45) is 4.07. The number of aliphatic hydroxyl groups excluding tert-OH is 4. The summed E-state index contributed by atoms with van der Waals surface area (Å²) in [5.41, 5.74) is 0. The Bertz CT molecular complexity index is 220. The zero-order valence-electron chi connectivity index (χ0n) is 9.24. The second-order valence-corrected chi connectivity index (χ2v) is 4.93. The molecule has 0 aliphatic heterocycles. The van der Waals surface area contributed by atoms with E-state index < -0.39 is 0 Å². The smallest absolute Gasteiger partial charge is 0.0468 e. The van der Waals surface area contributed by atoms with Crippen LogP contribution >= 0.6 is 0 Å². The number of hydrogen-bond donors (Lipinski definition) is 4. The van der Waals surface area contributed by atoms with Crippen molar-refractivity contribution in [2.45, 2.75) is 0 Å². The van der Waals surface area contributed by atoms with Gasteiger partial charge in [-0.05, 0) is 35.5 Å². The lowest BCUT2D eigenvalue weighted by molar-refractivity contribution is -0.0739. The van der Waals surface area contributed by atoms with Crippen LogP contribution in [0, 0.1) is 35.5 Å². The van der Waals surface area contributed by atoms with Crippen LogP contribution in [0.4, 0.5) is 0 Å². The van der Waals surface area contributed by atoms with Gasteiger partial charge in [-0.25, -0.2) is 0 Å². The molecule has 0 aromatic rings. The molecule has 4 atom stereocenters. The Labute approximate surface area is 95.2 Å². The van der Waals surface area contributed by atoms with E-state index in [1.165, 1.54) is 0 Å². The third kappa shape index (κ3) is 1.61. The third-order valence-corrected chi connectivity index (χ3v) is 4.48. The molecule has 0 unspecified atom stereocenters. The number of allylic oxidation sites excluding steroid dienone is 2. The second kappa shape index (κ2) is 4.84. The van der Waals surface area contributed by atoms with Crippen LogP contribution in [0.2, 0.25) is 0 Å². The van der Waals surface area contributed by atoms with Gasteiger partial charge in [-0.2, -0.15) is 0 Å². The fourth-order valence-corrected chi connectivity index (χ4v) is 3.63. The Morgan fingerprint density at radius 3 is 1.00 bits per heavy atom. The first kappa shape index (κ1) is 12.0. The van der Waals surface area contributed by atoms with E-state index >= 15 is 0 Å². The van der Waals surface area contributed by atoms with Crippen LogP contribution in [0.15, 0.2) is 12.2 Å². The summed E-state index contributed by atoms with van der Waals surface area (Å²) >= 11 is 0. The molecule has 0 heterocycles. The first-order valence-corrected chi connectivity index (χ1v) is 5.90. The van der Waals surface area contributed by atoms with Gasteiger partial charge in [0.05, 0.1) is 0 Å². The average molecular weight is 228 g/mol. The van der Waals surface area contributed by atoms with Crippen molar-refractivity contribution in [3.8, 4) is 0 Å². The monoisotopic (exact) mass is 228 g/mol. The molecule has 0 aromatic heterocycles. The molecule has 1 saturated carbocycles. The summed E-state index contributed by atoms with van der Waals surface area (Å²) in [7, 11) is 0. The van der Waals surface area contributed by atoms with Crippen LogP contribution in [0.5, 0.6) is 0 Å². The SMILES string of the molecule is OC[C@H]1C2C=CC([C@@H]1CO)[C@H](CO)[C@H]2CO. The fourth-order valence-electron chi connectivity index (χ4n) is 3.63. The van der Waals surface area contributed by atoms with Crippen molar-refractivity contribution in [3.63, 3.8) is 0 Å². The van der Waals surface area contributed by atoms with Crippen LogP contribution in [0.25, 0.3) is 0 Å². The van der Waals surface area contributed by atoms with E-state index in [0.29, 0.717) is 0 Å². The quantitative estimate of drug-likeness (QED) is 0.477. The molecule has 3 aliphatic carbocycles. The molecule has 2 bridgehead atoms. The zero-order chi connectivity index (χ0) is 11.7. The van der Waals surface area contributed by atoms with Gasteiger partial charge >= 0.3 is 0 Å². The summed E-state index contributed by atoms with van der Waals surface area (Å²) < 4.78 is 0. The number of fused-ring (bicyclic) bond motifs is 2. The first-order chi connectivity index (χ1) is 7.78. The summed E-state index contributed by atoms with van der Waals surface area (Å²) in [5, 5.41) is 37.6. The van der Waals surface area contributed by atoms with Gasteiger partial charge in [0.1, 0.15) is 0 Å². The predicted molar refractivity (Wildman–Crippen MR) is 58.4 cm³/mol. The lowest BCUT2D eigenvalue weighted by Gasteiger charge is -2.52. The van der Waals surface area contributed by atoms with Crippen LogP contribution in [0.3, 0.4) is 0 Å². The molecule has 0 radical (unpaired) electrons. The molecule has 4 N–H and O–H groups in total. The van der Waals surface area contributed by atoms with Gasteiger partial charge in [-0.15, -0.1) is 0 Å². The molecular weight excluding hydrogens is 208 g/mol. The summed E-state index contributed by atoms with van der Waals surface area (Å²) in [6, 6.07) is 0. The summed E-state index contributed by atoms with van der Waals surface area (Å²) in [6.45, 7) is 0.132. The van der Waals surface area contributed by atoms with E-state index in [-0.39, 0.29) is 61.9 Å². The highest BCUT2D eigenvalue weighted by molar-refractivity contribution is 5.14. The minimum Gasteiger partial charge on any atom is -0.396 e. The van der Waals surface area contributed by atoms with Crippen LogP contribution in [-0.2, 0) is 0 Å². The maximum atomic E-state index is 9.40. The Morgan fingerprint density at radius 1 is 0.562 bits per heavy atom. The Balaban J connectivity index is 2.29. The van der Waals surface area contributed by atoms with E-state index in [9.17, 15) is 20.4 Å². The van der Waals surface area contributed by atoms with Crippen molar-refractivity contribution < 1.29 is 20.4 Å². The summed E-state index contributed by atoms with van der Waals surface area (Å²) in [4.78, 5) is 0. The van der Waals surface area contributed by atoms with Crippen molar-refractivity contribution in [3.05, 3.63) is 12.2 Å². The second-order valence-electron chi connectivity index (χ2n) is 4.93. The largest absolute Gasteiger partial charge is 0.396 e. The highest BCUT2D eigenvalue weighted by Gasteiger charge is 2.50. The lowest BCUT2D eigenvalue weighted by atomic mass is 9.54. The predicted octanol–water partition coefficient (Wildman–Crippen LogP) is -0.764. The number of aliphatic hydroxyl groups is 4. The van der Waals surface area contributed by atoms with Crippen molar-refractivity contribution in [2.24, 2.45) is 35.5 Å². The van der Waals surface area contributed by atoms with Crippen LogP contribution in [-0.4, -0.2) is 46.9 Å². The lowest BCUT2D eigenvalue weighted by Crippen LogP contribution is -2.52. The Morgan fingerprint density at radius 2 is 0.812 bits per heavy atom. The molecular formula is C12H20O4. The molecule has 1 fully saturated rings. The van der Waals surface area contributed by atoms with Crippen molar-refractivity contribution >= 4 is 0 Å². The number of hydrogen-bond acceptors (Lipinski definition) is 4. The summed E-state index contributed by atoms with van der Waals surface area (Å²) in [5.74, 6) is 0.211. The third-order valence-electron chi connectivity index (χ3n) is 4.48. The van der Waals surface area contributed by atoms with Gasteiger partial charge in [0.2, 0.25) is 0 Å². The van der Waals surface area contributed by atoms with E-state index in [4.69, 9.17) is 0 Å². The zero-order valence-corrected chi connectivity index (χ0v) is 9.24. The molecule has 4 heteroatoms. The maximum absolute atomic E-state index is 9.40. The van der Waals surface area contributed by atoms with E-state index in [1.807, 2.05) is 12.2 Å². The molecule has 16 heavy (non-hydrogen) atoms. The standard InChI is InChI=1S/C12H20O4/c13-3-9-7-1-2-8(11(9)5-15)12(6-16)10(7)4-14/h1-2,7-16H,3-6H2/t7?,8?,9-,10-,11-,12-/m0/s1. The molecule has 92 valence electrons. The molecule has 0 amide bonds. The molecule has 0 aromatic carbocycles. The average Bonchev–Trinajstić information content (AvgIpc) is 2.36. The van der Waals surface area contributed by atoms with Crippen LogP contribution < -0.4 is 0 Å². The van der Waals surface area contributed by atoms with Gasteiger partial charge in [-0.1, -0.05) is 12.2 Å². The Hall–Kier alpha value is -0.420. The Kier molecular flexibility index (Phi) is 3.64. The van der Waals surface area contributed by atoms with E-state index in [0.717, 1.165) is 0 Å². The van der Waals surface area contributed by atoms with Gasteiger partial charge in [0, 0.05) is 26.4 Å². The van der Waals surface area contributed by atoms with Gasteiger partial charge < -0.3 is 20.4 Å². The van der Waals surface area contributed by atoms with Gasteiger partial charge in [0.15, 0.2) is 0 Å². The topological polar surface area (TPSA) is 80.9 Å². The minimum absolute atomic E-state index is 0.0138. The van der Waals surface area contributed by atoms with E-state index in [2.05, 4.69) is 0 Å². The van der Waals surface area contributed by atoms with Gasteiger partial charge in [-0.3, -0.25) is 0 Å². The normalized spacial score (nSPS) is 46.2.